The van der Waals surface area contributed by atoms with Crippen molar-refractivity contribution >= 4 is 80.4 Å². The Kier molecular flexibility index (Phi) is 6.07. The highest BCUT2D eigenvalue weighted by atomic mass is 32.2. The molecule has 5 aromatic rings. The minimum absolute atomic E-state index is 0.243. The molecule has 0 bridgehead atoms. The van der Waals surface area contributed by atoms with Crippen LogP contribution in [0.2, 0.25) is 0 Å². The summed E-state index contributed by atoms with van der Waals surface area (Å²) in [6.45, 7) is 0. The van der Waals surface area contributed by atoms with Crippen molar-refractivity contribution < 1.29 is 28.4 Å². The molecule has 0 aliphatic carbocycles. The molecule has 6 amide bonds. The Labute approximate surface area is 245 Å². The van der Waals surface area contributed by atoms with Gasteiger partial charge in [-0.3, -0.25) is 24.5 Å². The quantitative estimate of drug-likeness (QED) is 0.161. The van der Waals surface area contributed by atoms with Crippen molar-refractivity contribution in [2.75, 3.05) is 9.80 Å². The number of amides is 6. The van der Waals surface area contributed by atoms with Gasteiger partial charge in [0.25, 0.3) is 23.6 Å². The van der Waals surface area contributed by atoms with Gasteiger partial charge in [-0.1, -0.05) is 30.3 Å². The summed E-state index contributed by atoms with van der Waals surface area (Å²) in [5.74, 6) is -2.07. The highest BCUT2D eigenvalue weighted by Gasteiger charge is 2.38. The third-order valence-electron chi connectivity index (χ3n) is 6.60. The lowest BCUT2D eigenvalue weighted by Gasteiger charge is -2.26. The van der Waals surface area contributed by atoms with Gasteiger partial charge in [0.2, 0.25) is 0 Å². The standard InChI is InChI=1S/C30H16N4O6S2/c35-25-21(28(38)34(29(39)32-25)16-6-2-1-3-7-16)15-18-11-13-24(40-18)42-30-31-22-12-10-17(14-23(22)41-30)33-26(36)19-8-4-5-9-20(19)27(33)37/h1-15H,(H,32,35,39)/b21-15+. The van der Waals surface area contributed by atoms with Crippen molar-refractivity contribution in [2.24, 2.45) is 0 Å². The van der Waals surface area contributed by atoms with E-state index in [2.05, 4.69) is 10.3 Å². The van der Waals surface area contributed by atoms with Crippen molar-refractivity contribution in [1.29, 1.82) is 0 Å². The van der Waals surface area contributed by atoms with Crippen LogP contribution in [0, 0.1) is 0 Å². The minimum Gasteiger partial charge on any atom is -0.450 e. The lowest BCUT2D eigenvalue weighted by atomic mass is 10.1. The summed E-state index contributed by atoms with van der Waals surface area (Å²) in [6.07, 6.45) is 1.29. The number of furan rings is 1. The molecule has 1 N–H and O–H groups in total. The van der Waals surface area contributed by atoms with Crippen LogP contribution in [-0.4, -0.2) is 34.6 Å². The molecule has 3 aromatic carbocycles. The molecule has 0 atom stereocenters. The highest BCUT2D eigenvalue weighted by molar-refractivity contribution is 8.01. The molecule has 0 radical (unpaired) electrons. The van der Waals surface area contributed by atoms with Crippen LogP contribution >= 0.6 is 23.1 Å². The van der Waals surface area contributed by atoms with Gasteiger partial charge in [0.15, 0.2) is 9.43 Å². The summed E-state index contributed by atoms with van der Waals surface area (Å²) in [4.78, 5) is 70.3. The smallest absolute Gasteiger partial charge is 0.335 e. The van der Waals surface area contributed by atoms with E-state index < -0.39 is 17.8 Å². The number of barbiturate groups is 1. The molecule has 1 saturated heterocycles. The number of urea groups is 1. The predicted molar refractivity (Wildman–Crippen MR) is 155 cm³/mol. The second-order valence-electron chi connectivity index (χ2n) is 9.18. The number of anilines is 2. The summed E-state index contributed by atoms with van der Waals surface area (Å²) in [7, 11) is 0. The molecule has 10 nitrogen and oxygen atoms in total. The first kappa shape index (κ1) is 25.6. The number of aromatic nitrogens is 1. The number of hydrogen-bond donors (Lipinski definition) is 1. The average molecular weight is 593 g/mol. The van der Waals surface area contributed by atoms with Crippen LogP contribution in [0.4, 0.5) is 16.2 Å². The van der Waals surface area contributed by atoms with E-state index in [1.165, 1.54) is 29.2 Å². The molecule has 2 aromatic heterocycles. The van der Waals surface area contributed by atoms with Crippen LogP contribution in [0.5, 0.6) is 0 Å². The summed E-state index contributed by atoms with van der Waals surface area (Å²) in [5.41, 5.74) is 1.98. The molecule has 7 rings (SSSR count). The van der Waals surface area contributed by atoms with Crippen LogP contribution in [0.25, 0.3) is 16.3 Å². The molecule has 12 heteroatoms. The lowest BCUT2D eigenvalue weighted by Crippen LogP contribution is -2.54. The molecule has 42 heavy (non-hydrogen) atoms. The van der Waals surface area contributed by atoms with Gasteiger partial charge in [-0.05, 0) is 72.4 Å². The lowest BCUT2D eigenvalue weighted by molar-refractivity contribution is -0.122. The van der Waals surface area contributed by atoms with Crippen LogP contribution in [0.15, 0.2) is 104 Å². The number of carbonyl (C=O) groups excluding carboxylic acids is 5. The maximum Gasteiger partial charge on any atom is 0.335 e. The van der Waals surface area contributed by atoms with Gasteiger partial charge in [0.1, 0.15) is 11.3 Å². The topological polar surface area (TPSA) is 130 Å². The maximum absolute atomic E-state index is 13.1. The zero-order valence-electron chi connectivity index (χ0n) is 21.3. The number of imide groups is 3. The number of nitrogens with zero attached hydrogens (tertiary/aromatic N) is 3. The van der Waals surface area contributed by atoms with Crippen molar-refractivity contribution in [1.82, 2.24) is 10.3 Å². The van der Waals surface area contributed by atoms with E-state index >= 15 is 0 Å². The number of rotatable bonds is 5. The van der Waals surface area contributed by atoms with E-state index in [1.54, 1.807) is 84.9 Å². The van der Waals surface area contributed by atoms with Crippen molar-refractivity contribution in [3.63, 3.8) is 0 Å². The number of hydrogen-bond acceptors (Lipinski definition) is 9. The highest BCUT2D eigenvalue weighted by Crippen LogP contribution is 2.38. The Bertz CT molecular complexity index is 1980. The average Bonchev–Trinajstić information content (AvgIpc) is 3.67. The normalized spacial score (nSPS) is 16.1. The van der Waals surface area contributed by atoms with E-state index in [-0.39, 0.29) is 23.1 Å². The van der Waals surface area contributed by atoms with Gasteiger partial charge >= 0.3 is 6.03 Å². The van der Waals surface area contributed by atoms with Crippen LogP contribution in [-0.2, 0) is 9.59 Å². The van der Waals surface area contributed by atoms with E-state index in [0.29, 0.717) is 37.5 Å². The molecule has 0 unspecified atom stereocenters. The molecule has 4 heterocycles. The molecule has 0 spiro atoms. The van der Waals surface area contributed by atoms with Crippen LogP contribution in [0.1, 0.15) is 26.5 Å². The van der Waals surface area contributed by atoms with Crippen molar-refractivity contribution in [3.05, 3.63) is 107 Å². The first-order valence-corrected chi connectivity index (χ1v) is 14.1. The number of nitrogens with one attached hydrogen (secondary N) is 1. The summed E-state index contributed by atoms with van der Waals surface area (Å²) in [5, 5.41) is 2.64. The zero-order chi connectivity index (χ0) is 29.0. The second-order valence-corrected chi connectivity index (χ2v) is 11.5. The van der Waals surface area contributed by atoms with Gasteiger partial charge in [-0.15, -0.1) is 11.3 Å². The third kappa shape index (κ3) is 4.29. The van der Waals surface area contributed by atoms with Gasteiger partial charge in [0, 0.05) is 0 Å². The van der Waals surface area contributed by atoms with Crippen molar-refractivity contribution in [2.45, 2.75) is 9.43 Å². The first-order chi connectivity index (χ1) is 20.4. The fourth-order valence-corrected chi connectivity index (χ4v) is 6.67. The van der Waals surface area contributed by atoms with Gasteiger partial charge in [0.05, 0.1) is 32.7 Å². The van der Waals surface area contributed by atoms with E-state index in [9.17, 15) is 24.0 Å². The molecular weight excluding hydrogens is 576 g/mol. The van der Waals surface area contributed by atoms with Gasteiger partial charge < -0.3 is 4.42 Å². The number of benzene rings is 3. The fraction of sp³-hybridized carbons (Fsp3) is 0. The Morgan fingerprint density at radius 3 is 2.21 bits per heavy atom. The molecule has 0 saturated carbocycles. The van der Waals surface area contributed by atoms with Gasteiger partial charge in [-0.2, -0.15) is 0 Å². The Balaban J connectivity index is 1.11. The Morgan fingerprint density at radius 2 is 1.48 bits per heavy atom. The second kappa shape index (κ2) is 9.94. The Morgan fingerprint density at radius 1 is 0.762 bits per heavy atom. The zero-order valence-corrected chi connectivity index (χ0v) is 22.9. The summed E-state index contributed by atoms with van der Waals surface area (Å²) >= 11 is 2.60. The van der Waals surface area contributed by atoms with Crippen LogP contribution < -0.4 is 15.1 Å². The maximum atomic E-state index is 13.1. The SMILES string of the molecule is O=C1NC(=O)N(c2ccccc2)C(=O)/C1=C/c1ccc(Sc2nc3ccc(N4C(=O)c5ccccc5C4=O)cc3s2)o1. The number of thiazole rings is 1. The molecule has 204 valence electrons. The fourth-order valence-electron chi connectivity index (χ4n) is 4.66. The Hall–Kier alpha value is -5.33. The monoisotopic (exact) mass is 592 g/mol. The minimum atomic E-state index is -0.828. The van der Waals surface area contributed by atoms with E-state index in [4.69, 9.17) is 4.42 Å². The first-order valence-electron chi connectivity index (χ1n) is 12.5. The predicted octanol–water partition coefficient (Wildman–Crippen LogP) is 5.51. The van der Waals surface area contributed by atoms with E-state index in [1.807, 2.05) is 0 Å². The molecule has 2 aliphatic rings. The largest absolute Gasteiger partial charge is 0.450 e. The molecular formula is C30H16N4O6S2. The third-order valence-corrected chi connectivity index (χ3v) is 8.60. The van der Waals surface area contributed by atoms with Crippen LogP contribution in [0.3, 0.4) is 0 Å². The van der Waals surface area contributed by atoms with E-state index in [0.717, 1.165) is 14.5 Å². The number of fused-ring (bicyclic) bond motifs is 2. The van der Waals surface area contributed by atoms with Crippen molar-refractivity contribution in [3.8, 4) is 0 Å². The number of carbonyl (C=O) groups is 5. The molecule has 2 aliphatic heterocycles. The summed E-state index contributed by atoms with van der Waals surface area (Å²) in [6, 6.07) is 22.7. The molecule has 1 fully saturated rings. The van der Waals surface area contributed by atoms with Gasteiger partial charge in [-0.25, -0.2) is 19.6 Å². The summed E-state index contributed by atoms with van der Waals surface area (Å²) < 4.78 is 7.26. The number of para-hydroxylation sites is 1.